The van der Waals surface area contributed by atoms with Crippen LogP contribution >= 0.6 is 22.9 Å². The number of fused-ring (bicyclic) bond motifs is 2. The third kappa shape index (κ3) is 10.5. The smallest absolute Gasteiger partial charge is 0.420 e. The number of nitro benzene ring substituents is 1. The number of likely N-dealkylation sites (N-methyl/N-ethyl adjacent to an activating group) is 1. The van der Waals surface area contributed by atoms with Gasteiger partial charge in [0.25, 0.3) is 5.69 Å². The maximum Gasteiger partial charge on any atom is 0.420 e. The van der Waals surface area contributed by atoms with E-state index in [1.807, 2.05) is 30.3 Å². The number of benzene rings is 4. The van der Waals surface area contributed by atoms with E-state index in [1.54, 1.807) is 40.6 Å². The van der Waals surface area contributed by atoms with Crippen molar-refractivity contribution in [2.24, 2.45) is 5.92 Å². The predicted molar refractivity (Wildman–Crippen MR) is 232 cm³/mol. The van der Waals surface area contributed by atoms with Gasteiger partial charge in [0, 0.05) is 29.8 Å². The van der Waals surface area contributed by atoms with Crippen LogP contribution in [-0.4, -0.2) is 73.9 Å². The van der Waals surface area contributed by atoms with Crippen LogP contribution in [-0.2, 0) is 23.2 Å². The first kappa shape index (κ1) is 44.9. The number of rotatable bonds is 17. The minimum absolute atomic E-state index is 0.0564. The number of hydrogen-bond acceptors (Lipinski definition) is 13. The summed E-state index contributed by atoms with van der Waals surface area (Å²) in [6.45, 7) is 5.79. The van der Waals surface area contributed by atoms with Crippen molar-refractivity contribution in [2.45, 2.75) is 45.1 Å². The first-order chi connectivity index (χ1) is 28.7. The topological polar surface area (TPSA) is 184 Å². The van der Waals surface area contributed by atoms with Gasteiger partial charge in [-0.2, -0.15) is 5.26 Å². The monoisotopic (exact) mass is 858 g/mol. The van der Waals surface area contributed by atoms with Crippen LogP contribution in [0.4, 0.5) is 10.8 Å². The van der Waals surface area contributed by atoms with Gasteiger partial charge in [-0.1, -0.05) is 48.9 Å². The highest BCUT2D eigenvalue weighted by Gasteiger charge is 2.36. The lowest BCUT2D eigenvalue weighted by atomic mass is 9.69. The summed E-state index contributed by atoms with van der Waals surface area (Å²) < 4.78 is 28.4. The van der Waals surface area contributed by atoms with Crippen molar-refractivity contribution in [3.05, 3.63) is 110 Å². The number of nitriles is 1. The van der Waals surface area contributed by atoms with Gasteiger partial charge in [-0.15, -0.1) is 0 Å². The van der Waals surface area contributed by atoms with Crippen molar-refractivity contribution in [3.8, 4) is 29.1 Å². The van der Waals surface area contributed by atoms with Crippen molar-refractivity contribution in [1.82, 2.24) is 14.5 Å². The molecule has 6 rings (SSSR count). The molecule has 0 aliphatic heterocycles. The molecular weight excluding hydrogens is 812 g/mol. The zero-order chi connectivity index (χ0) is 43.6. The minimum Gasteiger partial charge on any atom is -0.493 e. The van der Waals surface area contributed by atoms with Gasteiger partial charge in [0.15, 0.2) is 33.7 Å². The summed E-state index contributed by atoms with van der Waals surface area (Å²) in [5.74, 6) is 1.83. The Bertz CT molecular complexity index is 2560. The predicted octanol–water partition coefficient (Wildman–Crippen LogP) is 8.50. The third-order valence-electron chi connectivity index (χ3n) is 10.2. The molecule has 15 nitrogen and oxygen atoms in total. The molecule has 1 atom stereocenters. The molecule has 2 heterocycles. The number of carbonyl (C=O) groups excluding carboxylic acids is 1. The fraction of sp³-hybridized carbons (Fsp3) is 0.349. The first-order valence-electron chi connectivity index (χ1n) is 18.9. The molecule has 0 saturated heterocycles. The fourth-order valence-corrected chi connectivity index (χ4v) is 7.88. The lowest BCUT2D eigenvalue weighted by Crippen LogP contribution is -2.32. The van der Waals surface area contributed by atoms with Gasteiger partial charge in [0.1, 0.15) is 6.54 Å². The normalized spacial score (nSPS) is 12.1. The Morgan fingerprint density at radius 1 is 0.983 bits per heavy atom. The summed E-state index contributed by atoms with van der Waals surface area (Å²) in [4.78, 5) is 41.2. The van der Waals surface area contributed by atoms with Gasteiger partial charge < -0.3 is 33.6 Å². The molecule has 1 amide bonds. The van der Waals surface area contributed by atoms with Crippen molar-refractivity contribution in [2.75, 3.05) is 53.9 Å². The summed E-state index contributed by atoms with van der Waals surface area (Å²) in [6, 6.07) is 23.4. The number of ether oxygens (including phenoxy) is 4. The Kier molecular flexibility index (Phi) is 15.1. The van der Waals surface area contributed by atoms with E-state index in [4.69, 9.17) is 35.0 Å². The van der Waals surface area contributed by atoms with Gasteiger partial charge in [0.05, 0.1) is 60.6 Å². The maximum atomic E-state index is 12.3. The van der Waals surface area contributed by atoms with E-state index < -0.39 is 22.0 Å². The zero-order valence-corrected chi connectivity index (χ0v) is 36.0. The Labute approximate surface area is 356 Å². The van der Waals surface area contributed by atoms with Crippen molar-refractivity contribution < 1.29 is 33.1 Å². The van der Waals surface area contributed by atoms with E-state index in [2.05, 4.69) is 48.2 Å². The molecule has 17 heteroatoms. The molecule has 0 fully saturated rings. The first-order valence-corrected chi connectivity index (χ1v) is 20.1. The second kappa shape index (κ2) is 20.2. The number of oxazole rings is 1. The highest BCUT2D eigenvalue weighted by atomic mass is 35.5. The molecule has 2 aromatic heterocycles. The molecule has 0 bridgehead atoms. The summed E-state index contributed by atoms with van der Waals surface area (Å²) in [5, 5.41) is 24.4. The fourth-order valence-electron chi connectivity index (χ4n) is 6.80. The molecule has 60 heavy (non-hydrogen) atoms. The second-order valence-electron chi connectivity index (χ2n) is 14.2. The van der Waals surface area contributed by atoms with Gasteiger partial charge in [0.2, 0.25) is 5.91 Å². The quantitative estimate of drug-likeness (QED) is 0.0683. The number of non-ortho nitro benzene ring substituents is 1. The number of methoxy groups -OCH3 is 4. The van der Waals surface area contributed by atoms with Crippen molar-refractivity contribution >= 4 is 61.0 Å². The number of nitro groups is 1. The summed E-state index contributed by atoms with van der Waals surface area (Å²) in [7, 11) is 8.67. The number of halogens is 1. The minimum atomic E-state index is -0.678. The molecule has 316 valence electrons. The van der Waals surface area contributed by atoms with Crippen LogP contribution < -0.4 is 30.0 Å². The zero-order valence-electron chi connectivity index (χ0n) is 34.4. The molecule has 0 spiro atoms. The Hall–Kier alpha value is -6.15. The Morgan fingerprint density at radius 3 is 2.32 bits per heavy atom. The van der Waals surface area contributed by atoms with Gasteiger partial charge >= 0.3 is 5.76 Å². The van der Waals surface area contributed by atoms with Crippen LogP contribution in [0.2, 0.25) is 5.02 Å². The van der Waals surface area contributed by atoms with Crippen LogP contribution in [0.5, 0.6) is 23.0 Å². The lowest BCUT2D eigenvalue weighted by molar-refractivity contribution is -0.384. The van der Waals surface area contributed by atoms with E-state index >= 15 is 0 Å². The van der Waals surface area contributed by atoms with Gasteiger partial charge in [-0.25, -0.2) is 9.78 Å². The number of carbonyl (C=O) groups is 1. The highest BCUT2D eigenvalue weighted by molar-refractivity contribution is 7.22. The maximum absolute atomic E-state index is 12.3. The average Bonchev–Trinajstić information content (AvgIpc) is 3.78. The van der Waals surface area contributed by atoms with E-state index in [1.165, 1.54) is 34.4 Å². The molecule has 0 aliphatic rings. The number of hydrogen-bond donors (Lipinski definition) is 1. The van der Waals surface area contributed by atoms with Crippen molar-refractivity contribution in [3.63, 3.8) is 0 Å². The molecule has 4 aromatic carbocycles. The highest BCUT2D eigenvalue weighted by Crippen LogP contribution is 2.40. The summed E-state index contributed by atoms with van der Waals surface area (Å²) in [6.07, 6.45) is 2.61. The molecule has 6 aromatic rings. The molecule has 0 radical (unpaired) electrons. The van der Waals surface area contributed by atoms with E-state index in [9.17, 15) is 25.0 Å². The lowest BCUT2D eigenvalue weighted by Gasteiger charge is -2.32. The van der Waals surface area contributed by atoms with Gasteiger partial charge in [-0.3, -0.25) is 19.5 Å². The number of nitrogens with one attached hydrogen (secondary N) is 1. The van der Waals surface area contributed by atoms with Gasteiger partial charge in [-0.05, 0) is 92.4 Å². The summed E-state index contributed by atoms with van der Waals surface area (Å²) in [5.41, 5.74) is 2.81. The number of aromatic nitrogens is 2. The van der Waals surface area contributed by atoms with Crippen LogP contribution in [0.3, 0.4) is 0 Å². The standard InChI is InChI=1S/C27H38N2O4.C16H9ClN4O5S/c1-20(2)27(19-28,22-10-12-24(31-5)26(18-22)33-7)14-8-15-29(3)16-13-21-9-11-23(30-4)25(17-21)32-6;17-8-1-4-11-12(5-8)26-16(23)20(11)7-14(22)19-15-18-10-3-2-9(21(24)25)6-13(10)27-15/h9-12,17-18,20H,8,13-16H2,1-7H3;1-6H,7H2,(H,18,19,22). The molecule has 1 unspecified atom stereocenters. The van der Waals surface area contributed by atoms with E-state index in [-0.39, 0.29) is 28.9 Å². The van der Waals surface area contributed by atoms with Crippen LogP contribution in [0, 0.1) is 27.4 Å². The van der Waals surface area contributed by atoms with E-state index in [0.717, 1.165) is 60.8 Å². The van der Waals surface area contributed by atoms with Crippen LogP contribution in [0.25, 0.3) is 21.3 Å². The molecule has 0 aliphatic carbocycles. The third-order valence-corrected chi connectivity index (χ3v) is 11.4. The Morgan fingerprint density at radius 2 is 1.67 bits per heavy atom. The molecule has 0 saturated carbocycles. The SMILES string of the molecule is COc1ccc(CCN(C)CCCC(C#N)(c2ccc(OC)c(OC)c2)C(C)C)cc1OC.O=C(Cn1c(=O)oc2cc(Cl)ccc21)Nc1nc2ccc([N+](=O)[O-])cc2s1. The number of amides is 1. The van der Waals surface area contributed by atoms with E-state index in [0.29, 0.717) is 32.3 Å². The number of nitrogens with zero attached hydrogens (tertiary/aromatic N) is 5. The number of thiazole rings is 1. The second-order valence-corrected chi connectivity index (χ2v) is 15.7. The number of anilines is 1. The molecule has 1 N–H and O–H groups in total. The molecular formula is C43H47ClN6O9S. The summed E-state index contributed by atoms with van der Waals surface area (Å²) >= 11 is 6.97. The van der Waals surface area contributed by atoms with Crippen molar-refractivity contribution in [1.29, 1.82) is 5.26 Å². The largest absolute Gasteiger partial charge is 0.493 e. The van der Waals surface area contributed by atoms with Crippen LogP contribution in [0.15, 0.2) is 82.0 Å². The Balaban J connectivity index is 0.000000231. The van der Waals surface area contributed by atoms with Crippen LogP contribution in [0.1, 0.15) is 37.8 Å². The average molecular weight is 859 g/mol.